The molecule has 2 aliphatic rings. The number of aromatic nitrogens is 6. The van der Waals surface area contributed by atoms with Crippen LogP contribution in [0.5, 0.6) is 5.75 Å². The van der Waals surface area contributed by atoms with E-state index in [9.17, 15) is 4.79 Å². The minimum Gasteiger partial charge on any atom is -0.490 e. The number of nitrogen functional groups attached to an aromatic ring is 1. The van der Waals surface area contributed by atoms with E-state index in [1.54, 1.807) is 34.6 Å². The van der Waals surface area contributed by atoms with Gasteiger partial charge in [-0.3, -0.25) is 14.0 Å². The third kappa shape index (κ3) is 3.97. The molecule has 0 bridgehead atoms. The number of ether oxygens (including phenoxy) is 1. The molecule has 5 heterocycles. The molecule has 1 aliphatic carbocycles. The Morgan fingerprint density at radius 2 is 1.82 bits per heavy atom. The molecule has 0 spiro atoms. The van der Waals surface area contributed by atoms with Crippen molar-refractivity contribution < 1.29 is 9.15 Å². The minimum atomic E-state index is -0.158. The monoisotopic (exact) mass is 515 g/mol. The third-order valence-corrected chi connectivity index (χ3v) is 7.36. The average Bonchev–Trinajstić information content (AvgIpc) is 3.30. The Morgan fingerprint density at radius 3 is 2.53 bits per heavy atom. The highest BCUT2D eigenvalue weighted by molar-refractivity contribution is 5.88. The Balaban J connectivity index is 1.07. The van der Waals surface area contributed by atoms with Gasteiger partial charge < -0.3 is 19.8 Å². The lowest BCUT2D eigenvalue weighted by Gasteiger charge is -2.36. The Kier molecular flexibility index (Phi) is 5.36. The maximum absolute atomic E-state index is 13.2. The molecule has 0 unspecified atom stereocenters. The second kappa shape index (κ2) is 8.91. The van der Waals surface area contributed by atoms with Gasteiger partial charge in [0, 0.05) is 52.0 Å². The number of anilines is 2. The molecule has 1 saturated carbocycles. The molecule has 1 aliphatic heterocycles. The van der Waals surface area contributed by atoms with Gasteiger partial charge in [-0.15, -0.1) is 5.10 Å². The molecule has 7 rings (SSSR count). The number of furan rings is 1. The molecule has 0 radical (unpaired) electrons. The molecule has 12 heteroatoms. The first kappa shape index (κ1) is 22.8. The highest BCUT2D eigenvalue weighted by Crippen LogP contribution is 2.28. The summed E-state index contributed by atoms with van der Waals surface area (Å²) in [6.45, 7) is 4.92. The van der Waals surface area contributed by atoms with E-state index in [0.717, 1.165) is 51.3 Å². The molecule has 12 nitrogen and oxygen atoms in total. The Hall–Kier alpha value is -4.32. The van der Waals surface area contributed by atoms with Gasteiger partial charge in [-0.25, -0.2) is 9.78 Å². The van der Waals surface area contributed by atoms with Gasteiger partial charge >= 0.3 is 5.69 Å². The zero-order valence-electron chi connectivity index (χ0n) is 21.2. The van der Waals surface area contributed by atoms with Crippen LogP contribution in [-0.2, 0) is 13.6 Å². The summed E-state index contributed by atoms with van der Waals surface area (Å²) in [5, 5.41) is 4.44. The van der Waals surface area contributed by atoms with E-state index in [-0.39, 0.29) is 11.6 Å². The van der Waals surface area contributed by atoms with Crippen LogP contribution < -0.4 is 21.1 Å². The summed E-state index contributed by atoms with van der Waals surface area (Å²) >= 11 is 0. The van der Waals surface area contributed by atoms with E-state index < -0.39 is 0 Å². The molecule has 4 aromatic heterocycles. The molecule has 2 fully saturated rings. The van der Waals surface area contributed by atoms with Crippen LogP contribution in [0.3, 0.4) is 0 Å². The van der Waals surface area contributed by atoms with Crippen LogP contribution in [-0.4, -0.2) is 72.4 Å². The first-order chi connectivity index (χ1) is 18.5. The Labute approximate surface area is 217 Å². The molecule has 0 amide bonds. The number of imidazole rings is 1. The molecule has 0 atom stereocenters. The highest BCUT2D eigenvalue weighted by atomic mass is 16.5. The maximum Gasteiger partial charge on any atom is 0.330 e. The average molecular weight is 516 g/mol. The van der Waals surface area contributed by atoms with Crippen LogP contribution in [0, 0.1) is 0 Å². The lowest BCUT2D eigenvalue weighted by atomic mass is 10.2. The van der Waals surface area contributed by atoms with E-state index in [1.807, 2.05) is 0 Å². The normalized spacial score (nSPS) is 16.6. The van der Waals surface area contributed by atoms with E-state index in [2.05, 4.69) is 49.1 Å². The summed E-state index contributed by atoms with van der Waals surface area (Å²) in [6, 6.07) is 12.0. The minimum absolute atomic E-state index is 0.158. The molecule has 2 N–H and O–H groups in total. The standard InChI is InChI=1S/C26H29N9O3/c1-31-21-23(29-25(27)35-24(21)28-22(30-35)20-3-2-16-37-20)34(26(31)36)15-12-32-10-13-33(14-11-32)17-4-6-18(7-5-17)38-19-8-9-19/h2-7,16,19H,8-15H2,1H3,(H2,27,29). The lowest BCUT2D eigenvalue weighted by molar-refractivity contribution is 0.248. The Bertz CT molecular complexity index is 1650. The number of aryl methyl sites for hydroxylation is 1. The largest absolute Gasteiger partial charge is 0.490 e. The van der Waals surface area contributed by atoms with Crippen molar-refractivity contribution in [3.8, 4) is 17.3 Å². The number of hydrogen-bond donors (Lipinski definition) is 1. The Morgan fingerprint density at radius 1 is 1.03 bits per heavy atom. The zero-order chi connectivity index (χ0) is 25.8. The van der Waals surface area contributed by atoms with Crippen molar-refractivity contribution in [3.63, 3.8) is 0 Å². The second-order valence-corrected chi connectivity index (χ2v) is 9.92. The van der Waals surface area contributed by atoms with Crippen LogP contribution in [0.1, 0.15) is 12.8 Å². The first-order valence-electron chi connectivity index (χ1n) is 12.9. The summed E-state index contributed by atoms with van der Waals surface area (Å²) in [7, 11) is 1.72. The quantitative estimate of drug-likeness (QED) is 0.346. The van der Waals surface area contributed by atoms with Gasteiger partial charge in [0.05, 0.1) is 12.4 Å². The highest BCUT2D eigenvalue weighted by Gasteiger charge is 2.24. The van der Waals surface area contributed by atoms with Crippen molar-refractivity contribution in [2.75, 3.05) is 43.4 Å². The summed E-state index contributed by atoms with van der Waals surface area (Å²) in [5.41, 5.74) is 8.86. The maximum atomic E-state index is 13.2. The number of benzene rings is 1. The van der Waals surface area contributed by atoms with Crippen LogP contribution in [0.15, 0.2) is 51.9 Å². The number of nitrogens with zero attached hydrogens (tertiary/aromatic N) is 8. The van der Waals surface area contributed by atoms with E-state index >= 15 is 0 Å². The number of hydrogen-bond acceptors (Lipinski definition) is 9. The van der Waals surface area contributed by atoms with Crippen molar-refractivity contribution in [2.45, 2.75) is 25.5 Å². The summed E-state index contributed by atoms with van der Waals surface area (Å²) in [6.07, 6.45) is 4.29. The summed E-state index contributed by atoms with van der Waals surface area (Å²) < 4.78 is 16.0. The van der Waals surface area contributed by atoms with E-state index in [4.69, 9.17) is 14.9 Å². The van der Waals surface area contributed by atoms with Crippen LogP contribution in [0.4, 0.5) is 11.6 Å². The molecule has 5 aromatic rings. The van der Waals surface area contributed by atoms with Crippen LogP contribution in [0.2, 0.25) is 0 Å². The third-order valence-electron chi connectivity index (χ3n) is 7.36. The summed E-state index contributed by atoms with van der Waals surface area (Å²) in [5.74, 6) is 2.02. The first-order valence-corrected chi connectivity index (χ1v) is 12.9. The predicted molar refractivity (Wildman–Crippen MR) is 142 cm³/mol. The topological polar surface area (TPSA) is 125 Å². The number of nitrogens with two attached hydrogens (primary N) is 1. The van der Waals surface area contributed by atoms with E-state index in [0.29, 0.717) is 41.0 Å². The fourth-order valence-corrected chi connectivity index (χ4v) is 5.09. The summed E-state index contributed by atoms with van der Waals surface area (Å²) in [4.78, 5) is 27.1. The van der Waals surface area contributed by atoms with Gasteiger partial charge in [-0.1, -0.05) is 0 Å². The van der Waals surface area contributed by atoms with Crippen molar-refractivity contribution in [2.24, 2.45) is 7.05 Å². The van der Waals surface area contributed by atoms with Gasteiger partial charge in [-0.05, 0) is 49.2 Å². The van der Waals surface area contributed by atoms with Crippen molar-refractivity contribution in [3.05, 3.63) is 53.1 Å². The van der Waals surface area contributed by atoms with E-state index in [1.165, 1.54) is 10.2 Å². The zero-order valence-corrected chi connectivity index (χ0v) is 21.2. The van der Waals surface area contributed by atoms with Crippen LogP contribution >= 0.6 is 0 Å². The van der Waals surface area contributed by atoms with Gasteiger partial charge in [0.15, 0.2) is 17.1 Å². The van der Waals surface area contributed by atoms with Gasteiger partial charge in [0.2, 0.25) is 11.8 Å². The number of rotatable bonds is 7. The van der Waals surface area contributed by atoms with Gasteiger partial charge in [0.25, 0.3) is 0 Å². The molecule has 1 saturated heterocycles. The van der Waals surface area contributed by atoms with Crippen LogP contribution in [0.25, 0.3) is 28.4 Å². The van der Waals surface area contributed by atoms with Crippen molar-refractivity contribution in [1.29, 1.82) is 0 Å². The molecule has 1 aromatic carbocycles. The number of piperazine rings is 1. The molecular weight excluding hydrogens is 486 g/mol. The smallest absolute Gasteiger partial charge is 0.330 e. The second-order valence-electron chi connectivity index (χ2n) is 9.92. The predicted octanol–water partition coefficient (Wildman–Crippen LogP) is 1.98. The molecular formula is C26H29N9O3. The SMILES string of the molecule is Cn1c(=O)n(CCN2CCN(c3ccc(OC4CC4)cc3)CC2)c2nc(N)n3nc(-c4ccco4)nc3c21. The van der Waals surface area contributed by atoms with Gasteiger partial charge in [-0.2, -0.15) is 9.50 Å². The van der Waals surface area contributed by atoms with Crippen molar-refractivity contribution >= 4 is 28.4 Å². The fourth-order valence-electron chi connectivity index (χ4n) is 5.09. The number of fused-ring (bicyclic) bond motifs is 3. The van der Waals surface area contributed by atoms with Crippen molar-refractivity contribution in [1.82, 2.24) is 33.6 Å². The lowest BCUT2D eigenvalue weighted by Crippen LogP contribution is -2.47. The molecule has 38 heavy (non-hydrogen) atoms. The van der Waals surface area contributed by atoms with Gasteiger partial charge in [0.1, 0.15) is 11.3 Å². The fraction of sp³-hybridized carbons (Fsp3) is 0.385. The molecule has 196 valence electrons.